The summed E-state index contributed by atoms with van der Waals surface area (Å²) < 4.78 is 10.9. The molecule has 1 N–H and O–H groups in total. The van der Waals surface area contributed by atoms with Gasteiger partial charge in [-0.2, -0.15) is 0 Å². The summed E-state index contributed by atoms with van der Waals surface area (Å²) in [7, 11) is 1.59. The molecule has 0 unspecified atom stereocenters. The van der Waals surface area contributed by atoms with Gasteiger partial charge in [0.05, 0.1) is 23.9 Å². The van der Waals surface area contributed by atoms with Crippen LogP contribution in [0.4, 0.5) is 11.4 Å². The number of aryl methyl sites for hydroxylation is 2. The van der Waals surface area contributed by atoms with Gasteiger partial charge in [-0.3, -0.25) is 14.9 Å². The summed E-state index contributed by atoms with van der Waals surface area (Å²) in [6.45, 7) is 1.77. The summed E-state index contributed by atoms with van der Waals surface area (Å²) in [5.74, 6) is 1.46. The van der Waals surface area contributed by atoms with Crippen molar-refractivity contribution >= 4 is 17.3 Å². The van der Waals surface area contributed by atoms with E-state index in [2.05, 4.69) is 10.3 Å². The minimum absolute atomic E-state index is 0.0727. The molecule has 0 aliphatic carbocycles. The number of nitrogens with one attached hydrogen (secondary N) is 1. The van der Waals surface area contributed by atoms with Gasteiger partial charge in [0.1, 0.15) is 5.75 Å². The van der Waals surface area contributed by atoms with Crippen molar-refractivity contribution in [2.24, 2.45) is 0 Å². The number of hydrogen-bond donors (Lipinski definition) is 1. The molecule has 0 aliphatic rings. The normalized spacial score (nSPS) is 10.5. The first-order valence-electron chi connectivity index (χ1n) is 8.60. The molecule has 0 aliphatic heterocycles. The van der Waals surface area contributed by atoms with E-state index in [4.69, 9.17) is 9.15 Å². The number of amides is 1. The first-order chi connectivity index (χ1) is 13.5. The van der Waals surface area contributed by atoms with E-state index in [1.807, 2.05) is 24.3 Å². The molecule has 0 radical (unpaired) electrons. The molecular weight excluding hydrogens is 362 g/mol. The van der Waals surface area contributed by atoms with E-state index in [1.54, 1.807) is 26.3 Å². The third-order valence-electron chi connectivity index (χ3n) is 4.18. The number of carbonyl (C=O) groups excluding carboxylic acids is 1. The van der Waals surface area contributed by atoms with Crippen molar-refractivity contribution in [1.82, 2.24) is 4.98 Å². The Kier molecular flexibility index (Phi) is 5.69. The average Bonchev–Trinajstić information content (AvgIpc) is 3.17. The highest BCUT2D eigenvalue weighted by molar-refractivity contribution is 5.91. The predicted molar refractivity (Wildman–Crippen MR) is 103 cm³/mol. The Morgan fingerprint density at radius 3 is 2.86 bits per heavy atom. The molecule has 0 bridgehead atoms. The average molecular weight is 381 g/mol. The van der Waals surface area contributed by atoms with Gasteiger partial charge in [0.2, 0.25) is 5.91 Å². The van der Waals surface area contributed by atoms with Crippen LogP contribution >= 0.6 is 0 Å². The van der Waals surface area contributed by atoms with Crippen molar-refractivity contribution in [1.29, 1.82) is 0 Å². The fourth-order valence-corrected chi connectivity index (χ4v) is 2.63. The van der Waals surface area contributed by atoms with Crippen LogP contribution in [-0.2, 0) is 11.2 Å². The maximum absolute atomic E-state index is 12.2. The molecule has 144 valence electrons. The molecule has 8 nitrogen and oxygen atoms in total. The van der Waals surface area contributed by atoms with Crippen LogP contribution in [0.5, 0.6) is 5.75 Å². The minimum atomic E-state index is -0.498. The SMILES string of the molecule is COc1cccc(-c2cnc(CCC(=O)Nc3cc([N+](=O)[O-])ccc3C)o2)c1. The number of rotatable bonds is 7. The van der Waals surface area contributed by atoms with Gasteiger partial charge >= 0.3 is 0 Å². The van der Waals surface area contributed by atoms with Crippen molar-refractivity contribution < 1.29 is 18.9 Å². The van der Waals surface area contributed by atoms with Crippen LogP contribution in [0, 0.1) is 17.0 Å². The Hall–Kier alpha value is -3.68. The molecule has 8 heteroatoms. The molecule has 0 fully saturated rings. The molecule has 2 aromatic carbocycles. The van der Waals surface area contributed by atoms with E-state index in [0.29, 0.717) is 29.5 Å². The van der Waals surface area contributed by atoms with Crippen LogP contribution in [0.1, 0.15) is 17.9 Å². The molecule has 3 rings (SSSR count). The van der Waals surface area contributed by atoms with Crippen LogP contribution in [-0.4, -0.2) is 22.9 Å². The summed E-state index contributed by atoms with van der Waals surface area (Å²) in [6, 6.07) is 11.7. The fraction of sp³-hybridized carbons (Fsp3) is 0.200. The highest BCUT2D eigenvalue weighted by atomic mass is 16.6. The second kappa shape index (κ2) is 8.34. The zero-order chi connectivity index (χ0) is 20.1. The smallest absolute Gasteiger partial charge is 0.271 e. The quantitative estimate of drug-likeness (QED) is 0.487. The van der Waals surface area contributed by atoms with E-state index in [0.717, 1.165) is 11.1 Å². The number of aromatic nitrogens is 1. The highest BCUT2D eigenvalue weighted by Crippen LogP contribution is 2.25. The first kappa shape index (κ1) is 19.1. The number of non-ortho nitro benzene ring substituents is 1. The number of nitro benzene ring substituents is 1. The van der Waals surface area contributed by atoms with Crippen molar-refractivity contribution in [3.05, 3.63) is 70.2 Å². The molecule has 0 atom stereocenters. The zero-order valence-electron chi connectivity index (χ0n) is 15.5. The van der Waals surface area contributed by atoms with E-state index < -0.39 is 4.92 Å². The third-order valence-corrected chi connectivity index (χ3v) is 4.18. The lowest BCUT2D eigenvalue weighted by molar-refractivity contribution is -0.384. The van der Waals surface area contributed by atoms with Gasteiger partial charge in [-0.1, -0.05) is 18.2 Å². The van der Waals surface area contributed by atoms with Crippen LogP contribution in [0.3, 0.4) is 0 Å². The van der Waals surface area contributed by atoms with Gasteiger partial charge in [0.25, 0.3) is 5.69 Å². The maximum Gasteiger partial charge on any atom is 0.271 e. The summed E-state index contributed by atoms with van der Waals surface area (Å²) in [5.41, 5.74) is 1.92. The number of carbonyl (C=O) groups is 1. The van der Waals surface area contributed by atoms with Crippen LogP contribution < -0.4 is 10.1 Å². The molecular formula is C20H19N3O5. The number of hydrogen-bond acceptors (Lipinski definition) is 6. The molecule has 3 aromatic rings. The van der Waals surface area contributed by atoms with Crippen molar-refractivity contribution in [3.63, 3.8) is 0 Å². The Balaban J connectivity index is 1.62. The summed E-state index contributed by atoms with van der Waals surface area (Å²) in [4.78, 5) is 26.8. The lowest BCUT2D eigenvalue weighted by Crippen LogP contribution is -2.13. The van der Waals surface area contributed by atoms with Gasteiger partial charge in [0.15, 0.2) is 11.7 Å². The van der Waals surface area contributed by atoms with Crippen LogP contribution in [0.2, 0.25) is 0 Å². The van der Waals surface area contributed by atoms with Gasteiger partial charge in [0, 0.05) is 30.5 Å². The number of benzene rings is 2. The van der Waals surface area contributed by atoms with Crippen LogP contribution in [0.15, 0.2) is 53.1 Å². The number of nitrogens with zero attached hydrogens (tertiary/aromatic N) is 2. The largest absolute Gasteiger partial charge is 0.497 e. The standard InChI is InChI=1S/C20H19N3O5/c1-13-6-7-15(23(25)26)11-17(13)22-19(24)8-9-20-21-12-18(28-20)14-4-3-5-16(10-14)27-2/h3-7,10-12H,8-9H2,1-2H3,(H,22,24). The Bertz CT molecular complexity index is 1010. The van der Waals surface area contributed by atoms with Crippen molar-refractivity contribution in [3.8, 4) is 17.1 Å². The molecule has 0 spiro atoms. The second-order valence-corrected chi connectivity index (χ2v) is 6.15. The van der Waals surface area contributed by atoms with Crippen molar-refractivity contribution in [2.75, 3.05) is 12.4 Å². The summed E-state index contributed by atoms with van der Waals surface area (Å²) in [6.07, 6.45) is 2.05. The maximum atomic E-state index is 12.2. The van der Waals surface area contributed by atoms with E-state index in [1.165, 1.54) is 12.1 Å². The topological polar surface area (TPSA) is 108 Å². The predicted octanol–water partition coefficient (Wildman–Crippen LogP) is 4.14. The second-order valence-electron chi connectivity index (χ2n) is 6.15. The number of ether oxygens (including phenoxy) is 1. The monoisotopic (exact) mass is 381 g/mol. The van der Waals surface area contributed by atoms with Gasteiger partial charge < -0.3 is 14.5 Å². The molecule has 1 amide bonds. The Morgan fingerprint density at radius 2 is 2.11 bits per heavy atom. The molecule has 1 heterocycles. The molecule has 1 aromatic heterocycles. The fourth-order valence-electron chi connectivity index (χ4n) is 2.63. The van der Waals surface area contributed by atoms with E-state index in [9.17, 15) is 14.9 Å². The molecule has 28 heavy (non-hydrogen) atoms. The summed E-state index contributed by atoms with van der Waals surface area (Å²) >= 11 is 0. The number of oxazole rings is 1. The van der Waals surface area contributed by atoms with Gasteiger partial charge in [-0.15, -0.1) is 0 Å². The first-order valence-corrected chi connectivity index (χ1v) is 8.60. The summed E-state index contributed by atoms with van der Waals surface area (Å²) in [5, 5.41) is 13.6. The minimum Gasteiger partial charge on any atom is -0.497 e. The van der Waals surface area contributed by atoms with Crippen LogP contribution in [0.25, 0.3) is 11.3 Å². The van der Waals surface area contributed by atoms with Gasteiger partial charge in [-0.25, -0.2) is 4.98 Å². The van der Waals surface area contributed by atoms with E-state index in [-0.39, 0.29) is 18.0 Å². The Morgan fingerprint density at radius 1 is 1.29 bits per heavy atom. The van der Waals surface area contributed by atoms with Gasteiger partial charge in [-0.05, 0) is 24.6 Å². The zero-order valence-corrected chi connectivity index (χ0v) is 15.5. The molecule has 0 saturated carbocycles. The number of nitro groups is 1. The lowest BCUT2D eigenvalue weighted by Gasteiger charge is -2.07. The van der Waals surface area contributed by atoms with E-state index >= 15 is 0 Å². The van der Waals surface area contributed by atoms with Crippen molar-refractivity contribution in [2.45, 2.75) is 19.8 Å². The molecule has 0 saturated heterocycles. The number of anilines is 1. The Labute approximate surface area is 161 Å². The lowest BCUT2D eigenvalue weighted by atomic mass is 10.1. The third kappa shape index (κ3) is 4.53. The number of methoxy groups -OCH3 is 1. The highest BCUT2D eigenvalue weighted by Gasteiger charge is 2.13.